The van der Waals surface area contributed by atoms with Crippen LogP contribution in [0.25, 0.3) is 0 Å². The highest BCUT2D eigenvalue weighted by Crippen LogP contribution is 2.19. The summed E-state index contributed by atoms with van der Waals surface area (Å²) in [6.07, 6.45) is 2.95. The predicted molar refractivity (Wildman–Crippen MR) is 81.1 cm³/mol. The van der Waals surface area contributed by atoms with Crippen molar-refractivity contribution in [1.29, 1.82) is 0 Å². The van der Waals surface area contributed by atoms with E-state index in [2.05, 4.69) is 46.1 Å². The molecule has 1 aromatic heterocycles. The summed E-state index contributed by atoms with van der Waals surface area (Å²) in [6, 6.07) is 8.99. The van der Waals surface area contributed by atoms with Crippen molar-refractivity contribution in [3.63, 3.8) is 0 Å². The van der Waals surface area contributed by atoms with Crippen LogP contribution in [0.4, 0.5) is 5.69 Å². The van der Waals surface area contributed by atoms with Crippen molar-refractivity contribution in [2.45, 2.75) is 6.42 Å². The van der Waals surface area contributed by atoms with Crippen LogP contribution in [-0.4, -0.2) is 43.1 Å². The van der Waals surface area contributed by atoms with Crippen molar-refractivity contribution in [1.82, 2.24) is 9.88 Å². The summed E-state index contributed by atoms with van der Waals surface area (Å²) in [4.78, 5) is 10.3. The maximum Gasteiger partial charge on any atom is 0.0794 e. The molecule has 2 heterocycles. The van der Waals surface area contributed by atoms with Crippen LogP contribution in [0.3, 0.4) is 0 Å². The van der Waals surface area contributed by atoms with Crippen LogP contribution in [0, 0.1) is 0 Å². The zero-order valence-electron chi connectivity index (χ0n) is 11.2. The number of rotatable bonds is 3. The second-order valence-electron chi connectivity index (χ2n) is 5.10. The van der Waals surface area contributed by atoms with E-state index in [1.54, 1.807) is 11.3 Å². The zero-order valence-corrected chi connectivity index (χ0v) is 12.1. The topological polar surface area (TPSA) is 19.4 Å². The van der Waals surface area contributed by atoms with Crippen LogP contribution < -0.4 is 4.90 Å². The Morgan fingerprint density at radius 1 is 1.11 bits per heavy atom. The number of benzene rings is 1. The molecule has 0 radical (unpaired) electrons. The van der Waals surface area contributed by atoms with Gasteiger partial charge in [0.05, 0.1) is 5.51 Å². The van der Waals surface area contributed by atoms with Crippen molar-refractivity contribution in [3.8, 4) is 0 Å². The van der Waals surface area contributed by atoms with Crippen LogP contribution in [0.5, 0.6) is 0 Å². The van der Waals surface area contributed by atoms with Crippen LogP contribution in [0.2, 0.25) is 0 Å². The Morgan fingerprint density at radius 3 is 2.47 bits per heavy atom. The summed E-state index contributed by atoms with van der Waals surface area (Å²) in [5.41, 5.74) is 4.61. The first-order valence-corrected chi connectivity index (χ1v) is 7.59. The molecule has 0 atom stereocenters. The van der Waals surface area contributed by atoms with Gasteiger partial charge in [0.2, 0.25) is 0 Å². The highest BCUT2D eigenvalue weighted by atomic mass is 32.1. The average Bonchev–Trinajstić information content (AvgIpc) is 2.94. The van der Waals surface area contributed by atoms with Crippen LogP contribution in [0.1, 0.15) is 10.4 Å². The molecule has 1 aromatic carbocycles. The molecule has 3 rings (SSSR count). The lowest BCUT2D eigenvalue weighted by Crippen LogP contribution is -2.44. The van der Waals surface area contributed by atoms with Crippen LogP contribution in [-0.2, 0) is 6.42 Å². The number of nitrogens with zero attached hydrogens (tertiary/aromatic N) is 3. The van der Waals surface area contributed by atoms with Crippen molar-refractivity contribution in [2.75, 3.05) is 38.1 Å². The van der Waals surface area contributed by atoms with Gasteiger partial charge in [-0.15, -0.1) is 11.3 Å². The molecule has 2 aromatic rings. The smallest absolute Gasteiger partial charge is 0.0794 e. The molecule has 0 aliphatic carbocycles. The first-order valence-electron chi connectivity index (χ1n) is 6.71. The third kappa shape index (κ3) is 3.14. The maximum absolute atomic E-state index is 4.12. The molecule has 0 amide bonds. The van der Waals surface area contributed by atoms with Crippen LogP contribution >= 0.6 is 11.3 Å². The average molecular weight is 273 g/mol. The third-order valence-corrected chi connectivity index (χ3v) is 4.45. The lowest BCUT2D eigenvalue weighted by molar-refractivity contribution is 0.313. The maximum atomic E-state index is 4.12. The van der Waals surface area contributed by atoms with Gasteiger partial charge in [-0.1, -0.05) is 12.1 Å². The molecule has 0 spiro atoms. The van der Waals surface area contributed by atoms with E-state index in [4.69, 9.17) is 0 Å². The van der Waals surface area contributed by atoms with Gasteiger partial charge in [-0.05, 0) is 24.7 Å². The SMILES string of the molecule is CN1CCN(c2ccc(Cc3cncs3)cc2)CC1. The molecule has 0 unspecified atom stereocenters. The summed E-state index contributed by atoms with van der Waals surface area (Å²) in [7, 11) is 2.19. The molecule has 1 fully saturated rings. The summed E-state index contributed by atoms with van der Waals surface area (Å²) in [5, 5.41) is 0. The largest absolute Gasteiger partial charge is 0.369 e. The van der Waals surface area contributed by atoms with Gasteiger partial charge in [0.25, 0.3) is 0 Å². The number of anilines is 1. The van der Waals surface area contributed by atoms with E-state index in [1.165, 1.54) is 16.1 Å². The van der Waals surface area contributed by atoms with Crippen molar-refractivity contribution in [3.05, 3.63) is 46.4 Å². The predicted octanol–water partition coefficient (Wildman–Crippen LogP) is 2.49. The first kappa shape index (κ1) is 12.6. The Hall–Kier alpha value is -1.39. The summed E-state index contributed by atoms with van der Waals surface area (Å²) < 4.78 is 0. The van der Waals surface area contributed by atoms with E-state index in [1.807, 2.05) is 11.7 Å². The molecular formula is C15H19N3S. The molecule has 1 aliphatic heterocycles. The normalized spacial score (nSPS) is 16.8. The molecule has 1 saturated heterocycles. The monoisotopic (exact) mass is 273 g/mol. The van der Waals surface area contributed by atoms with E-state index >= 15 is 0 Å². The van der Waals surface area contributed by atoms with Gasteiger partial charge in [-0.2, -0.15) is 0 Å². The van der Waals surface area contributed by atoms with Crippen molar-refractivity contribution < 1.29 is 0 Å². The van der Waals surface area contributed by atoms with Gasteiger partial charge in [0.15, 0.2) is 0 Å². The molecule has 100 valence electrons. The number of hydrogen-bond acceptors (Lipinski definition) is 4. The second-order valence-corrected chi connectivity index (χ2v) is 6.07. The van der Waals surface area contributed by atoms with E-state index in [0.29, 0.717) is 0 Å². The fraction of sp³-hybridized carbons (Fsp3) is 0.400. The highest BCUT2D eigenvalue weighted by Gasteiger charge is 2.13. The van der Waals surface area contributed by atoms with Gasteiger partial charge in [0, 0.05) is 49.4 Å². The minimum atomic E-state index is 0.994. The van der Waals surface area contributed by atoms with Gasteiger partial charge in [0.1, 0.15) is 0 Å². The third-order valence-electron chi connectivity index (χ3n) is 3.67. The molecule has 4 heteroatoms. The van der Waals surface area contributed by atoms with Gasteiger partial charge in [-0.3, -0.25) is 4.98 Å². The van der Waals surface area contributed by atoms with E-state index < -0.39 is 0 Å². The number of piperazine rings is 1. The minimum absolute atomic E-state index is 0.994. The molecule has 0 N–H and O–H groups in total. The molecule has 3 nitrogen and oxygen atoms in total. The summed E-state index contributed by atoms with van der Waals surface area (Å²) in [6.45, 7) is 4.57. The number of aromatic nitrogens is 1. The number of likely N-dealkylation sites (N-methyl/N-ethyl adjacent to an activating group) is 1. The van der Waals surface area contributed by atoms with Gasteiger partial charge in [-0.25, -0.2) is 0 Å². The first-order chi connectivity index (χ1) is 9.31. The van der Waals surface area contributed by atoms with Crippen molar-refractivity contribution in [2.24, 2.45) is 0 Å². The van der Waals surface area contributed by atoms with Crippen LogP contribution in [0.15, 0.2) is 36.0 Å². The van der Waals surface area contributed by atoms with E-state index in [-0.39, 0.29) is 0 Å². The standard InChI is InChI=1S/C15H19N3S/c1-17-6-8-18(9-7-17)14-4-2-13(3-5-14)10-15-11-16-12-19-15/h2-5,11-12H,6-10H2,1H3. The fourth-order valence-corrected chi connectivity index (χ4v) is 3.05. The lowest BCUT2D eigenvalue weighted by Gasteiger charge is -2.34. The summed E-state index contributed by atoms with van der Waals surface area (Å²) >= 11 is 1.72. The van der Waals surface area contributed by atoms with E-state index in [0.717, 1.165) is 32.6 Å². The van der Waals surface area contributed by atoms with Crippen molar-refractivity contribution >= 4 is 17.0 Å². The Bertz CT molecular complexity index is 499. The molecule has 1 aliphatic rings. The molecular weight excluding hydrogens is 254 g/mol. The highest BCUT2D eigenvalue weighted by molar-refractivity contribution is 7.09. The Balaban J connectivity index is 1.65. The van der Waals surface area contributed by atoms with Gasteiger partial charge >= 0.3 is 0 Å². The Morgan fingerprint density at radius 2 is 1.84 bits per heavy atom. The molecule has 0 bridgehead atoms. The van der Waals surface area contributed by atoms with E-state index in [9.17, 15) is 0 Å². The minimum Gasteiger partial charge on any atom is -0.369 e. The lowest BCUT2D eigenvalue weighted by atomic mass is 10.1. The molecule has 19 heavy (non-hydrogen) atoms. The number of thiazole rings is 1. The summed E-state index contributed by atoms with van der Waals surface area (Å²) in [5.74, 6) is 0. The molecule has 0 saturated carbocycles. The zero-order chi connectivity index (χ0) is 13.1. The quantitative estimate of drug-likeness (QED) is 0.856. The van der Waals surface area contributed by atoms with Gasteiger partial charge < -0.3 is 9.80 Å². The Labute approximate surface area is 118 Å². The Kier molecular flexibility index (Phi) is 3.80. The fourth-order valence-electron chi connectivity index (χ4n) is 2.42. The second kappa shape index (κ2) is 5.72. The number of hydrogen-bond donors (Lipinski definition) is 0.